The second-order valence-electron chi connectivity index (χ2n) is 5.74. The van der Waals surface area contributed by atoms with E-state index in [0.717, 1.165) is 51.4 Å². The first-order valence-electron chi connectivity index (χ1n) is 7.35. The number of likely N-dealkylation sites (tertiary alicyclic amines) is 1. The Morgan fingerprint density at radius 2 is 2.10 bits per heavy atom. The summed E-state index contributed by atoms with van der Waals surface area (Å²) in [5.74, 6) is 0.610. The monoisotopic (exact) mass is 277 g/mol. The first-order valence-corrected chi connectivity index (χ1v) is 7.35. The van der Waals surface area contributed by atoms with Crippen molar-refractivity contribution in [2.75, 3.05) is 33.4 Å². The lowest BCUT2D eigenvalue weighted by Gasteiger charge is -2.38. The summed E-state index contributed by atoms with van der Waals surface area (Å²) in [6.07, 6.45) is 2.13. The van der Waals surface area contributed by atoms with E-state index in [-0.39, 0.29) is 5.79 Å². The van der Waals surface area contributed by atoms with Crippen molar-refractivity contribution in [1.29, 1.82) is 0 Å². The van der Waals surface area contributed by atoms with Gasteiger partial charge in [0, 0.05) is 18.5 Å². The first-order chi connectivity index (χ1) is 9.71. The van der Waals surface area contributed by atoms with Gasteiger partial charge in [-0.05, 0) is 26.0 Å². The molecule has 2 saturated heterocycles. The topological polar surface area (TPSA) is 30.9 Å². The van der Waals surface area contributed by atoms with E-state index in [1.165, 1.54) is 11.1 Å². The summed E-state index contributed by atoms with van der Waals surface area (Å²) in [6, 6.07) is 6.34. The van der Waals surface area contributed by atoms with E-state index in [9.17, 15) is 0 Å². The van der Waals surface area contributed by atoms with E-state index in [1.807, 2.05) is 6.07 Å². The van der Waals surface area contributed by atoms with E-state index in [0.29, 0.717) is 0 Å². The Bertz CT molecular complexity index is 469. The van der Waals surface area contributed by atoms with Crippen LogP contribution in [0.2, 0.25) is 0 Å². The van der Waals surface area contributed by atoms with Crippen molar-refractivity contribution >= 4 is 0 Å². The van der Waals surface area contributed by atoms with Crippen LogP contribution < -0.4 is 4.74 Å². The maximum absolute atomic E-state index is 5.83. The van der Waals surface area contributed by atoms with E-state index in [4.69, 9.17) is 14.2 Å². The summed E-state index contributed by atoms with van der Waals surface area (Å²) < 4.78 is 17.1. The lowest BCUT2D eigenvalue weighted by Crippen LogP contribution is -2.48. The minimum Gasteiger partial charge on any atom is -0.496 e. The number of benzene rings is 1. The van der Waals surface area contributed by atoms with Crippen LogP contribution in [0.25, 0.3) is 0 Å². The Labute approximate surface area is 120 Å². The number of aryl methyl sites for hydroxylation is 1. The molecule has 0 bridgehead atoms. The molecule has 2 aliphatic heterocycles. The van der Waals surface area contributed by atoms with Gasteiger partial charge in [0.15, 0.2) is 5.79 Å². The van der Waals surface area contributed by atoms with Gasteiger partial charge in [0.25, 0.3) is 0 Å². The molecule has 2 aliphatic rings. The SMILES string of the molecule is COc1ccc(C)cc1CN1CCCC2(C1)OCCO2. The molecule has 0 N–H and O–H groups in total. The van der Waals surface area contributed by atoms with Crippen molar-refractivity contribution in [3.05, 3.63) is 29.3 Å². The van der Waals surface area contributed by atoms with Crippen LogP contribution in [-0.2, 0) is 16.0 Å². The van der Waals surface area contributed by atoms with Gasteiger partial charge < -0.3 is 14.2 Å². The van der Waals surface area contributed by atoms with Crippen LogP contribution in [0.15, 0.2) is 18.2 Å². The van der Waals surface area contributed by atoms with Gasteiger partial charge in [0.2, 0.25) is 0 Å². The number of ether oxygens (including phenoxy) is 3. The molecule has 2 heterocycles. The third-order valence-electron chi connectivity index (χ3n) is 4.14. The molecule has 0 aromatic heterocycles. The van der Waals surface area contributed by atoms with E-state index < -0.39 is 0 Å². The van der Waals surface area contributed by atoms with Gasteiger partial charge >= 0.3 is 0 Å². The molecule has 3 rings (SSSR count). The predicted octanol–water partition coefficient (Wildman–Crippen LogP) is 2.34. The van der Waals surface area contributed by atoms with Gasteiger partial charge in [-0.25, -0.2) is 0 Å². The van der Waals surface area contributed by atoms with Crippen molar-refractivity contribution in [2.24, 2.45) is 0 Å². The molecule has 110 valence electrons. The van der Waals surface area contributed by atoms with Crippen LogP contribution in [0.4, 0.5) is 0 Å². The Hall–Kier alpha value is -1.10. The van der Waals surface area contributed by atoms with Crippen molar-refractivity contribution in [3.8, 4) is 5.75 Å². The second kappa shape index (κ2) is 5.72. The maximum atomic E-state index is 5.83. The molecule has 0 atom stereocenters. The van der Waals surface area contributed by atoms with Crippen molar-refractivity contribution < 1.29 is 14.2 Å². The van der Waals surface area contributed by atoms with Gasteiger partial charge in [-0.15, -0.1) is 0 Å². The molecule has 1 aromatic rings. The van der Waals surface area contributed by atoms with E-state index >= 15 is 0 Å². The van der Waals surface area contributed by atoms with Crippen LogP contribution in [0.1, 0.15) is 24.0 Å². The fraction of sp³-hybridized carbons (Fsp3) is 0.625. The van der Waals surface area contributed by atoms with Crippen LogP contribution in [0.5, 0.6) is 5.75 Å². The molecule has 1 spiro atoms. The van der Waals surface area contributed by atoms with Gasteiger partial charge in [0.1, 0.15) is 5.75 Å². The summed E-state index contributed by atoms with van der Waals surface area (Å²) in [7, 11) is 1.73. The third kappa shape index (κ3) is 2.82. The zero-order valence-corrected chi connectivity index (χ0v) is 12.4. The Balaban J connectivity index is 1.72. The average molecular weight is 277 g/mol. The third-order valence-corrected chi connectivity index (χ3v) is 4.14. The Kier molecular flexibility index (Phi) is 3.96. The lowest BCUT2D eigenvalue weighted by molar-refractivity contribution is -0.190. The molecule has 0 radical (unpaired) electrons. The quantitative estimate of drug-likeness (QED) is 0.848. The summed E-state index contributed by atoms with van der Waals surface area (Å²) in [5, 5.41) is 0. The Morgan fingerprint density at radius 3 is 2.85 bits per heavy atom. The molecule has 1 aromatic carbocycles. The van der Waals surface area contributed by atoms with Crippen molar-refractivity contribution in [3.63, 3.8) is 0 Å². The second-order valence-corrected chi connectivity index (χ2v) is 5.74. The average Bonchev–Trinajstić information content (AvgIpc) is 2.87. The number of rotatable bonds is 3. The normalized spacial score (nSPS) is 22.3. The number of piperidine rings is 1. The van der Waals surface area contributed by atoms with Gasteiger partial charge in [-0.2, -0.15) is 0 Å². The molecule has 0 amide bonds. The minimum absolute atomic E-state index is 0.352. The number of nitrogens with zero attached hydrogens (tertiary/aromatic N) is 1. The largest absolute Gasteiger partial charge is 0.496 e. The van der Waals surface area contributed by atoms with Crippen LogP contribution in [0, 0.1) is 6.92 Å². The molecular formula is C16H23NO3. The minimum atomic E-state index is -0.352. The highest BCUT2D eigenvalue weighted by Gasteiger charge is 2.40. The predicted molar refractivity (Wildman–Crippen MR) is 76.9 cm³/mol. The summed E-state index contributed by atoms with van der Waals surface area (Å²) >= 11 is 0. The van der Waals surface area contributed by atoms with Crippen LogP contribution >= 0.6 is 0 Å². The molecular weight excluding hydrogens is 254 g/mol. The highest BCUT2D eigenvalue weighted by Crippen LogP contribution is 2.31. The van der Waals surface area contributed by atoms with Gasteiger partial charge in [0.05, 0.1) is 26.9 Å². The highest BCUT2D eigenvalue weighted by atomic mass is 16.7. The van der Waals surface area contributed by atoms with Gasteiger partial charge in [-0.3, -0.25) is 4.90 Å². The van der Waals surface area contributed by atoms with E-state index in [2.05, 4.69) is 24.0 Å². The first kappa shape index (κ1) is 13.9. The number of methoxy groups -OCH3 is 1. The molecule has 4 nitrogen and oxygen atoms in total. The van der Waals surface area contributed by atoms with Crippen LogP contribution in [0.3, 0.4) is 0 Å². The fourth-order valence-electron chi connectivity index (χ4n) is 3.21. The molecule has 0 aliphatic carbocycles. The van der Waals surface area contributed by atoms with Crippen LogP contribution in [-0.4, -0.2) is 44.1 Å². The molecule has 2 fully saturated rings. The Morgan fingerprint density at radius 1 is 1.30 bits per heavy atom. The molecule has 20 heavy (non-hydrogen) atoms. The maximum Gasteiger partial charge on any atom is 0.181 e. The molecule has 4 heteroatoms. The standard InChI is InChI=1S/C16H23NO3/c1-13-4-5-15(18-2)14(10-13)11-17-7-3-6-16(12-17)19-8-9-20-16/h4-5,10H,3,6-9,11-12H2,1-2H3. The molecule has 0 saturated carbocycles. The number of hydrogen-bond acceptors (Lipinski definition) is 4. The summed E-state index contributed by atoms with van der Waals surface area (Å²) in [4.78, 5) is 2.41. The summed E-state index contributed by atoms with van der Waals surface area (Å²) in [5.41, 5.74) is 2.50. The lowest BCUT2D eigenvalue weighted by atomic mass is 10.0. The zero-order valence-electron chi connectivity index (χ0n) is 12.4. The number of hydrogen-bond donors (Lipinski definition) is 0. The zero-order chi connectivity index (χ0) is 14.0. The molecule has 0 unspecified atom stereocenters. The van der Waals surface area contributed by atoms with Crippen molar-refractivity contribution in [2.45, 2.75) is 32.1 Å². The summed E-state index contributed by atoms with van der Waals surface area (Å²) in [6.45, 7) is 6.39. The smallest absolute Gasteiger partial charge is 0.181 e. The highest BCUT2D eigenvalue weighted by molar-refractivity contribution is 5.36. The van der Waals surface area contributed by atoms with Gasteiger partial charge in [-0.1, -0.05) is 17.7 Å². The van der Waals surface area contributed by atoms with Crippen molar-refractivity contribution in [1.82, 2.24) is 4.90 Å². The fourth-order valence-corrected chi connectivity index (χ4v) is 3.21. The van der Waals surface area contributed by atoms with E-state index in [1.54, 1.807) is 7.11 Å².